The molecule has 0 saturated heterocycles. The quantitative estimate of drug-likeness (QED) is 0.479. The van der Waals surface area contributed by atoms with Crippen molar-refractivity contribution in [3.8, 4) is 0 Å². The van der Waals surface area contributed by atoms with Crippen LogP contribution in [0.1, 0.15) is 38.3 Å². The number of rotatable bonds is 6. The first-order chi connectivity index (χ1) is 8.97. The zero-order chi connectivity index (χ0) is 14.4. The SMILES string of the molecule is CC(CCC(=O)NN)N(C)C(C)c1ccccc1Cl. The fourth-order valence-corrected chi connectivity index (χ4v) is 2.32. The Balaban J connectivity index is 2.63. The lowest BCUT2D eigenvalue weighted by atomic mass is 10.0. The fourth-order valence-electron chi connectivity index (χ4n) is 2.03. The van der Waals surface area contributed by atoms with Gasteiger partial charge < -0.3 is 0 Å². The van der Waals surface area contributed by atoms with Crippen LogP contribution in [0.4, 0.5) is 0 Å². The van der Waals surface area contributed by atoms with Gasteiger partial charge in [-0.25, -0.2) is 5.84 Å². The average Bonchev–Trinajstić information content (AvgIpc) is 2.43. The summed E-state index contributed by atoms with van der Waals surface area (Å²) in [6, 6.07) is 8.30. The van der Waals surface area contributed by atoms with E-state index < -0.39 is 0 Å². The Hall–Kier alpha value is -1.10. The molecule has 0 aliphatic carbocycles. The summed E-state index contributed by atoms with van der Waals surface area (Å²) in [5.74, 6) is 4.94. The molecule has 1 aromatic carbocycles. The standard InChI is InChI=1S/C14H22ClN3O/c1-10(8-9-14(19)17-16)18(3)11(2)12-6-4-5-7-13(12)15/h4-7,10-11H,8-9,16H2,1-3H3,(H,17,19). The zero-order valence-electron chi connectivity index (χ0n) is 11.7. The van der Waals surface area contributed by atoms with Crippen molar-refractivity contribution in [2.75, 3.05) is 7.05 Å². The Morgan fingerprint density at radius 3 is 2.63 bits per heavy atom. The maximum absolute atomic E-state index is 11.2. The summed E-state index contributed by atoms with van der Waals surface area (Å²) in [5.41, 5.74) is 3.25. The molecule has 19 heavy (non-hydrogen) atoms. The molecule has 106 valence electrons. The van der Waals surface area contributed by atoms with Crippen molar-refractivity contribution in [3.63, 3.8) is 0 Å². The van der Waals surface area contributed by atoms with E-state index in [9.17, 15) is 4.79 Å². The minimum Gasteiger partial charge on any atom is -0.297 e. The van der Waals surface area contributed by atoms with Gasteiger partial charge in [-0.2, -0.15) is 0 Å². The monoisotopic (exact) mass is 283 g/mol. The smallest absolute Gasteiger partial charge is 0.233 e. The third-order valence-corrected chi connectivity index (χ3v) is 3.96. The predicted molar refractivity (Wildman–Crippen MR) is 78.7 cm³/mol. The van der Waals surface area contributed by atoms with E-state index in [1.807, 2.05) is 31.3 Å². The lowest BCUT2D eigenvalue weighted by Gasteiger charge is -2.31. The van der Waals surface area contributed by atoms with E-state index in [0.717, 1.165) is 17.0 Å². The molecule has 1 aromatic rings. The van der Waals surface area contributed by atoms with Gasteiger partial charge in [0.2, 0.25) is 5.91 Å². The maximum atomic E-state index is 11.2. The van der Waals surface area contributed by atoms with E-state index in [1.54, 1.807) is 0 Å². The molecule has 3 N–H and O–H groups in total. The summed E-state index contributed by atoms with van der Waals surface area (Å²) in [7, 11) is 2.04. The highest BCUT2D eigenvalue weighted by Gasteiger charge is 2.19. The molecular weight excluding hydrogens is 262 g/mol. The van der Waals surface area contributed by atoms with E-state index in [0.29, 0.717) is 6.42 Å². The number of nitrogens with one attached hydrogen (secondary N) is 1. The van der Waals surface area contributed by atoms with Crippen molar-refractivity contribution >= 4 is 17.5 Å². The molecular formula is C14H22ClN3O. The van der Waals surface area contributed by atoms with Crippen LogP contribution in [0.2, 0.25) is 5.02 Å². The molecule has 0 aliphatic heterocycles. The number of hydrazine groups is 1. The molecule has 1 amide bonds. The summed E-state index contributed by atoms with van der Waals surface area (Å²) < 4.78 is 0. The first kappa shape index (κ1) is 16.0. The van der Waals surface area contributed by atoms with Crippen LogP contribution in [0.5, 0.6) is 0 Å². The minimum atomic E-state index is -0.134. The fraction of sp³-hybridized carbons (Fsp3) is 0.500. The minimum absolute atomic E-state index is 0.134. The van der Waals surface area contributed by atoms with Crippen molar-refractivity contribution in [1.29, 1.82) is 0 Å². The normalized spacial score (nSPS) is 14.2. The van der Waals surface area contributed by atoms with E-state index in [2.05, 4.69) is 24.2 Å². The third-order valence-electron chi connectivity index (χ3n) is 3.61. The van der Waals surface area contributed by atoms with Gasteiger partial charge >= 0.3 is 0 Å². The topological polar surface area (TPSA) is 58.4 Å². The van der Waals surface area contributed by atoms with Crippen LogP contribution < -0.4 is 11.3 Å². The number of nitrogens with two attached hydrogens (primary N) is 1. The molecule has 0 spiro atoms. The highest BCUT2D eigenvalue weighted by Crippen LogP contribution is 2.28. The first-order valence-corrected chi connectivity index (χ1v) is 6.81. The van der Waals surface area contributed by atoms with Gasteiger partial charge in [-0.1, -0.05) is 29.8 Å². The first-order valence-electron chi connectivity index (χ1n) is 6.43. The number of nitrogens with zero attached hydrogens (tertiary/aromatic N) is 1. The van der Waals surface area contributed by atoms with Crippen LogP contribution in [-0.4, -0.2) is 23.9 Å². The van der Waals surface area contributed by atoms with Crippen LogP contribution in [0.3, 0.4) is 0 Å². The van der Waals surface area contributed by atoms with Crippen molar-refractivity contribution in [1.82, 2.24) is 10.3 Å². The molecule has 2 atom stereocenters. The van der Waals surface area contributed by atoms with Crippen LogP contribution >= 0.6 is 11.6 Å². The van der Waals surface area contributed by atoms with E-state index in [4.69, 9.17) is 17.4 Å². The highest BCUT2D eigenvalue weighted by molar-refractivity contribution is 6.31. The Bertz CT molecular complexity index is 425. The van der Waals surface area contributed by atoms with Crippen molar-refractivity contribution < 1.29 is 4.79 Å². The Morgan fingerprint density at radius 1 is 1.42 bits per heavy atom. The largest absolute Gasteiger partial charge is 0.297 e. The van der Waals surface area contributed by atoms with Gasteiger partial charge in [0.25, 0.3) is 0 Å². The van der Waals surface area contributed by atoms with Gasteiger partial charge in [-0.3, -0.25) is 15.1 Å². The van der Waals surface area contributed by atoms with Gasteiger partial charge in [0, 0.05) is 23.5 Å². The molecule has 5 heteroatoms. The second kappa shape index (κ2) is 7.48. The Morgan fingerprint density at radius 2 is 2.05 bits per heavy atom. The van der Waals surface area contributed by atoms with Crippen LogP contribution in [0.25, 0.3) is 0 Å². The van der Waals surface area contributed by atoms with Crippen molar-refractivity contribution in [2.24, 2.45) is 5.84 Å². The van der Waals surface area contributed by atoms with Crippen molar-refractivity contribution in [2.45, 2.75) is 38.8 Å². The number of amides is 1. The van der Waals surface area contributed by atoms with Gasteiger partial charge in [0.05, 0.1) is 0 Å². The van der Waals surface area contributed by atoms with Gasteiger partial charge in [0.15, 0.2) is 0 Å². The van der Waals surface area contributed by atoms with Crippen LogP contribution in [0.15, 0.2) is 24.3 Å². The van der Waals surface area contributed by atoms with E-state index in [1.165, 1.54) is 0 Å². The molecule has 4 nitrogen and oxygen atoms in total. The zero-order valence-corrected chi connectivity index (χ0v) is 12.4. The lowest BCUT2D eigenvalue weighted by molar-refractivity contribution is -0.121. The summed E-state index contributed by atoms with van der Waals surface area (Å²) in [5, 5.41) is 0.772. The van der Waals surface area contributed by atoms with Gasteiger partial charge in [-0.05, 0) is 38.9 Å². The second-order valence-electron chi connectivity index (χ2n) is 4.82. The Labute approximate surface area is 119 Å². The Kier molecular flexibility index (Phi) is 6.28. The maximum Gasteiger partial charge on any atom is 0.233 e. The number of hydrogen-bond donors (Lipinski definition) is 2. The third kappa shape index (κ3) is 4.49. The molecule has 0 bridgehead atoms. The molecule has 0 aliphatic rings. The summed E-state index contributed by atoms with van der Waals surface area (Å²) in [6.07, 6.45) is 1.19. The average molecular weight is 284 g/mol. The number of hydrogen-bond acceptors (Lipinski definition) is 3. The molecule has 1 rings (SSSR count). The van der Waals surface area contributed by atoms with E-state index >= 15 is 0 Å². The molecule has 0 radical (unpaired) electrons. The van der Waals surface area contributed by atoms with Crippen LogP contribution in [0, 0.1) is 0 Å². The highest BCUT2D eigenvalue weighted by atomic mass is 35.5. The second-order valence-corrected chi connectivity index (χ2v) is 5.23. The summed E-state index contributed by atoms with van der Waals surface area (Å²) in [4.78, 5) is 13.4. The van der Waals surface area contributed by atoms with E-state index in [-0.39, 0.29) is 18.0 Å². The van der Waals surface area contributed by atoms with Gasteiger partial charge in [-0.15, -0.1) is 0 Å². The van der Waals surface area contributed by atoms with Gasteiger partial charge in [0.1, 0.15) is 0 Å². The summed E-state index contributed by atoms with van der Waals surface area (Å²) >= 11 is 6.21. The van der Waals surface area contributed by atoms with Crippen LogP contribution in [-0.2, 0) is 4.79 Å². The number of halogens is 1. The molecule has 2 unspecified atom stereocenters. The number of carbonyl (C=O) groups excluding carboxylic acids is 1. The molecule has 0 fully saturated rings. The van der Waals surface area contributed by atoms with Crippen molar-refractivity contribution in [3.05, 3.63) is 34.9 Å². The molecule has 0 saturated carbocycles. The lowest BCUT2D eigenvalue weighted by Crippen LogP contribution is -2.35. The number of benzene rings is 1. The molecule has 0 heterocycles. The summed E-state index contributed by atoms with van der Waals surface area (Å²) in [6.45, 7) is 4.21. The number of carbonyl (C=O) groups is 1. The predicted octanol–water partition coefficient (Wildman–Crippen LogP) is 2.49. The molecule has 0 aromatic heterocycles.